The number of piperidine rings is 2. The number of imidazole rings is 1. The zero-order chi connectivity index (χ0) is 33.1. The van der Waals surface area contributed by atoms with E-state index in [9.17, 15) is 13.2 Å². The minimum Gasteiger partial charge on any atom is -0.339 e. The summed E-state index contributed by atoms with van der Waals surface area (Å²) in [5.41, 5.74) is 3.49. The van der Waals surface area contributed by atoms with Gasteiger partial charge in [0.1, 0.15) is 10.7 Å². The summed E-state index contributed by atoms with van der Waals surface area (Å²) in [6, 6.07) is 20.1. The number of nitrogens with two attached hydrogens (primary N) is 1. The Kier molecular flexibility index (Phi) is 8.85. The number of sulfonamides is 1. The predicted octanol–water partition coefficient (Wildman–Crippen LogP) is 7.38. The number of nitrogens with zero attached hydrogens (tertiary/aromatic N) is 4. The lowest BCUT2D eigenvalue weighted by Crippen LogP contribution is -2.49. The molecule has 2 bridgehead atoms. The smallest absolute Gasteiger partial charge is 0.253 e. The Balaban J connectivity index is 1.09. The van der Waals surface area contributed by atoms with Crippen molar-refractivity contribution in [2.75, 3.05) is 19.6 Å². The molecule has 3 aromatic carbocycles. The summed E-state index contributed by atoms with van der Waals surface area (Å²) in [5.74, 6) is 0.847. The second-order valence-electron chi connectivity index (χ2n) is 13.4. The number of aromatic nitrogens is 2. The molecule has 1 aromatic heterocycles. The van der Waals surface area contributed by atoms with E-state index in [1.165, 1.54) is 30.5 Å². The normalized spacial score (nSPS) is 23.0. The first-order valence-corrected chi connectivity index (χ1v) is 18.9. The molecule has 1 amide bonds. The van der Waals surface area contributed by atoms with E-state index < -0.39 is 10.0 Å². The highest BCUT2D eigenvalue weighted by molar-refractivity contribution is 7.89. The third kappa shape index (κ3) is 6.20. The van der Waals surface area contributed by atoms with Crippen molar-refractivity contribution in [3.63, 3.8) is 0 Å². The Morgan fingerprint density at radius 2 is 1.60 bits per heavy atom. The van der Waals surface area contributed by atoms with Crippen molar-refractivity contribution >= 4 is 61.8 Å². The van der Waals surface area contributed by atoms with E-state index in [2.05, 4.69) is 46.7 Å². The maximum absolute atomic E-state index is 13.6. The van der Waals surface area contributed by atoms with Crippen LogP contribution in [-0.4, -0.2) is 65.4 Å². The molecule has 0 spiro atoms. The summed E-state index contributed by atoms with van der Waals surface area (Å²) in [5, 5.41) is 6.39. The quantitative estimate of drug-likeness (QED) is 0.215. The molecule has 3 aliphatic rings. The molecule has 2 atom stereocenters. The fraction of sp³-hybridized carbons (Fsp3) is 0.429. The summed E-state index contributed by atoms with van der Waals surface area (Å²) in [4.78, 5) is 22.7. The molecule has 3 aliphatic heterocycles. The number of carbonyl (C=O) groups excluding carboxylic acids is 1. The van der Waals surface area contributed by atoms with Crippen molar-refractivity contribution in [1.29, 1.82) is 0 Å². The summed E-state index contributed by atoms with van der Waals surface area (Å²) >= 11 is 19.0. The summed E-state index contributed by atoms with van der Waals surface area (Å²) < 4.78 is 26.5. The maximum Gasteiger partial charge on any atom is 0.253 e. The van der Waals surface area contributed by atoms with Crippen LogP contribution < -0.4 is 5.14 Å². The number of benzene rings is 3. The number of aryl methyl sites for hydroxylation is 1. The summed E-state index contributed by atoms with van der Waals surface area (Å²) in [7, 11) is -4.07. The molecule has 7 rings (SSSR count). The average Bonchev–Trinajstić information content (AvgIpc) is 3.51. The number of amides is 1. The Bertz CT molecular complexity index is 1940. The number of rotatable bonds is 7. The van der Waals surface area contributed by atoms with Crippen LogP contribution in [0.1, 0.15) is 72.7 Å². The van der Waals surface area contributed by atoms with Gasteiger partial charge in [-0.15, -0.1) is 0 Å². The van der Waals surface area contributed by atoms with Gasteiger partial charge in [0.2, 0.25) is 10.0 Å². The fourth-order valence-electron chi connectivity index (χ4n) is 8.47. The first-order valence-electron chi connectivity index (χ1n) is 16.2. The molecule has 3 fully saturated rings. The Morgan fingerprint density at radius 3 is 2.28 bits per heavy atom. The Morgan fingerprint density at radius 1 is 0.915 bits per heavy atom. The summed E-state index contributed by atoms with van der Waals surface area (Å²) in [6.45, 7) is 4.13. The number of para-hydroxylation sites is 2. The van der Waals surface area contributed by atoms with Gasteiger partial charge >= 0.3 is 0 Å². The molecular formula is C35H38Cl3N5O3S. The van der Waals surface area contributed by atoms with Crippen LogP contribution in [0.15, 0.2) is 65.6 Å². The molecule has 12 heteroatoms. The van der Waals surface area contributed by atoms with E-state index in [1.54, 1.807) is 11.0 Å². The fourth-order valence-corrected chi connectivity index (χ4v) is 9.84. The molecule has 4 aromatic rings. The molecule has 0 aliphatic carbocycles. The van der Waals surface area contributed by atoms with Gasteiger partial charge in [0.05, 0.1) is 26.1 Å². The standard InChI is InChI=1S/C35H38Cl3N5O3S/c1-22-40-31-4-2-3-5-32(31)43(22)27-20-25-8-9-26(21-27)42(25)17-14-35(24-7-11-28(36)30(38)19-24)12-15-41(16-13-35)34(44)23-6-10-29(37)33(18-23)47(39,45)46/h2-7,10-11,18-19,25-27H,8-9,12-17,20-21H2,1H3,(H2,39,45,46). The molecule has 2 unspecified atom stereocenters. The number of primary sulfonamides is 1. The SMILES string of the molecule is Cc1nc2ccccc2n1C1CC2CCC(C1)N2CCC1(c2ccc(Cl)c(Cl)c2)CCN(C(=O)c2ccc(Cl)c(S(N)(=O)=O)c2)CC1. The zero-order valence-electron chi connectivity index (χ0n) is 26.2. The van der Waals surface area contributed by atoms with E-state index >= 15 is 0 Å². The molecule has 0 radical (unpaired) electrons. The van der Waals surface area contributed by atoms with Gasteiger partial charge < -0.3 is 9.47 Å². The van der Waals surface area contributed by atoms with Crippen molar-refractivity contribution < 1.29 is 13.2 Å². The first-order chi connectivity index (χ1) is 22.4. The van der Waals surface area contributed by atoms with Crippen molar-refractivity contribution in [2.24, 2.45) is 5.14 Å². The second kappa shape index (κ2) is 12.7. The molecule has 248 valence electrons. The molecular weight excluding hydrogens is 677 g/mol. The van der Waals surface area contributed by atoms with Crippen molar-refractivity contribution in [3.05, 3.63) is 92.7 Å². The Hall–Kier alpha value is -2.66. The number of fused-ring (bicyclic) bond motifs is 3. The van der Waals surface area contributed by atoms with E-state index in [0.717, 1.165) is 55.6 Å². The van der Waals surface area contributed by atoms with E-state index in [-0.39, 0.29) is 26.8 Å². The summed E-state index contributed by atoms with van der Waals surface area (Å²) in [6.07, 6.45) is 7.07. The molecule has 4 heterocycles. The van der Waals surface area contributed by atoms with Crippen LogP contribution >= 0.6 is 34.8 Å². The number of likely N-dealkylation sites (tertiary alicyclic amines) is 1. The average molecular weight is 715 g/mol. The lowest BCUT2D eigenvalue weighted by molar-refractivity contribution is 0.0607. The van der Waals surface area contributed by atoms with Gasteiger partial charge in [-0.25, -0.2) is 18.5 Å². The van der Waals surface area contributed by atoms with E-state index in [0.29, 0.717) is 41.3 Å². The van der Waals surface area contributed by atoms with Gasteiger partial charge in [-0.2, -0.15) is 0 Å². The minimum absolute atomic E-state index is 0.00663. The van der Waals surface area contributed by atoms with Gasteiger partial charge in [0, 0.05) is 36.8 Å². The van der Waals surface area contributed by atoms with Gasteiger partial charge in [0.15, 0.2) is 0 Å². The van der Waals surface area contributed by atoms with Crippen LogP contribution in [-0.2, 0) is 15.4 Å². The van der Waals surface area contributed by atoms with Gasteiger partial charge in [0.25, 0.3) is 5.91 Å². The number of halogens is 3. The third-order valence-corrected chi connectivity index (χ3v) is 13.0. The first kappa shape index (κ1) is 32.9. The number of hydrogen-bond acceptors (Lipinski definition) is 5. The lowest BCUT2D eigenvalue weighted by atomic mass is 9.70. The van der Waals surface area contributed by atoms with E-state index in [1.807, 2.05) is 12.1 Å². The molecule has 2 N–H and O–H groups in total. The molecule has 3 saturated heterocycles. The zero-order valence-corrected chi connectivity index (χ0v) is 29.3. The van der Waals surface area contributed by atoms with Crippen molar-refractivity contribution in [2.45, 2.75) is 80.3 Å². The van der Waals surface area contributed by atoms with Crippen LogP contribution in [0.3, 0.4) is 0 Å². The molecule has 47 heavy (non-hydrogen) atoms. The second-order valence-corrected chi connectivity index (χ2v) is 16.2. The Labute approximate surface area is 290 Å². The van der Waals surface area contributed by atoms with Gasteiger partial charge in [-0.05, 0) is 112 Å². The predicted molar refractivity (Wildman–Crippen MR) is 187 cm³/mol. The van der Waals surface area contributed by atoms with Crippen molar-refractivity contribution in [3.8, 4) is 0 Å². The molecule has 8 nitrogen and oxygen atoms in total. The number of hydrogen-bond donors (Lipinski definition) is 1. The van der Waals surface area contributed by atoms with Gasteiger partial charge in [-0.1, -0.05) is 53.0 Å². The van der Waals surface area contributed by atoms with Crippen LogP contribution in [0.5, 0.6) is 0 Å². The number of carbonyl (C=O) groups is 1. The highest BCUT2D eigenvalue weighted by Crippen LogP contribution is 2.46. The highest BCUT2D eigenvalue weighted by Gasteiger charge is 2.44. The highest BCUT2D eigenvalue weighted by atomic mass is 35.5. The van der Waals surface area contributed by atoms with Crippen LogP contribution in [0, 0.1) is 6.92 Å². The lowest BCUT2D eigenvalue weighted by Gasteiger charge is -2.46. The van der Waals surface area contributed by atoms with Crippen LogP contribution in [0.25, 0.3) is 11.0 Å². The maximum atomic E-state index is 13.6. The van der Waals surface area contributed by atoms with Crippen LogP contribution in [0.4, 0.5) is 0 Å². The largest absolute Gasteiger partial charge is 0.339 e. The minimum atomic E-state index is -4.07. The van der Waals surface area contributed by atoms with E-state index in [4.69, 9.17) is 44.9 Å². The van der Waals surface area contributed by atoms with Crippen LogP contribution in [0.2, 0.25) is 15.1 Å². The van der Waals surface area contributed by atoms with Gasteiger partial charge in [-0.3, -0.25) is 9.69 Å². The topological polar surface area (TPSA) is 102 Å². The monoisotopic (exact) mass is 713 g/mol. The third-order valence-electron chi connectivity index (χ3n) is 10.9. The van der Waals surface area contributed by atoms with Crippen molar-refractivity contribution in [1.82, 2.24) is 19.4 Å². The molecule has 0 saturated carbocycles.